The Morgan fingerprint density at radius 2 is 1.28 bits per heavy atom. The third-order valence-corrected chi connectivity index (χ3v) is 2.44. The number of carbonyl (C=O) groups is 1. The maximum absolute atomic E-state index is 11.1. The van der Waals surface area contributed by atoms with Crippen molar-refractivity contribution in [2.45, 2.75) is 52.4 Å². The molecular weight excluding hydrogens is 228 g/mol. The van der Waals surface area contributed by atoms with Crippen molar-refractivity contribution in [2.24, 2.45) is 0 Å². The van der Waals surface area contributed by atoms with Gasteiger partial charge in [0.1, 0.15) is 0 Å². The van der Waals surface area contributed by atoms with E-state index < -0.39 is 6.16 Å². The molecule has 0 aliphatic rings. The van der Waals surface area contributed by atoms with Gasteiger partial charge in [0.25, 0.3) is 0 Å². The topological polar surface area (TPSA) is 35.5 Å². The smallest absolute Gasteiger partial charge is 0.434 e. The van der Waals surface area contributed by atoms with Crippen LogP contribution >= 0.6 is 0 Å². The molecule has 0 bridgehead atoms. The van der Waals surface area contributed by atoms with E-state index in [9.17, 15) is 4.79 Å². The summed E-state index contributed by atoms with van der Waals surface area (Å²) in [6.45, 7) is 4.91. The van der Waals surface area contributed by atoms with Crippen LogP contribution in [0.2, 0.25) is 0 Å². The molecule has 0 aliphatic carbocycles. The summed E-state index contributed by atoms with van der Waals surface area (Å²) in [6, 6.07) is 0. The highest BCUT2D eigenvalue weighted by atomic mass is 16.7. The van der Waals surface area contributed by atoms with E-state index in [0.29, 0.717) is 13.2 Å². The van der Waals surface area contributed by atoms with Crippen LogP contribution < -0.4 is 0 Å². The van der Waals surface area contributed by atoms with Gasteiger partial charge < -0.3 is 9.47 Å². The average Bonchev–Trinajstić information content (AvgIpc) is 2.38. The van der Waals surface area contributed by atoms with E-state index in [1.807, 2.05) is 26.0 Å². The molecule has 18 heavy (non-hydrogen) atoms. The van der Waals surface area contributed by atoms with Gasteiger partial charge in [0.05, 0.1) is 13.2 Å². The molecule has 0 saturated heterocycles. The van der Waals surface area contributed by atoms with Crippen molar-refractivity contribution >= 4 is 6.16 Å². The first-order valence-corrected chi connectivity index (χ1v) is 6.83. The average molecular weight is 254 g/mol. The van der Waals surface area contributed by atoms with Crippen LogP contribution in [0.5, 0.6) is 0 Å². The van der Waals surface area contributed by atoms with E-state index in [-0.39, 0.29) is 0 Å². The second kappa shape index (κ2) is 13.8. The quantitative estimate of drug-likeness (QED) is 0.324. The van der Waals surface area contributed by atoms with Gasteiger partial charge in [-0.05, 0) is 52.4 Å². The SMILES string of the molecule is CC=CCCCCOC(=O)OCCCCC=CC. The molecule has 3 nitrogen and oxygen atoms in total. The fraction of sp³-hybridized carbons (Fsp3) is 0.667. The van der Waals surface area contributed by atoms with Crippen molar-refractivity contribution in [3.63, 3.8) is 0 Å². The summed E-state index contributed by atoms with van der Waals surface area (Å²) in [4.78, 5) is 11.1. The standard InChI is InChI=1S/C15H26O3/c1-3-5-7-9-11-13-17-15(16)18-14-12-10-8-6-4-2/h3-6H,7-14H2,1-2H3. The van der Waals surface area contributed by atoms with Gasteiger partial charge in [-0.25, -0.2) is 4.79 Å². The predicted octanol–water partition coefficient (Wildman–Crippen LogP) is 4.63. The van der Waals surface area contributed by atoms with E-state index in [0.717, 1.165) is 38.5 Å². The molecule has 0 aliphatic heterocycles. The fourth-order valence-corrected chi connectivity index (χ4v) is 1.41. The van der Waals surface area contributed by atoms with Gasteiger partial charge in [-0.15, -0.1) is 0 Å². The highest BCUT2D eigenvalue weighted by molar-refractivity contribution is 5.59. The van der Waals surface area contributed by atoms with Gasteiger partial charge >= 0.3 is 6.16 Å². The Morgan fingerprint density at radius 1 is 0.833 bits per heavy atom. The lowest BCUT2D eigenvalue weighted by molar-refractivity contribution is 0.0532. The molecule has 0 unspecified atom stereocenters. The number of unbranched alkanes of at least 4 members (excludes halogenated alkanes) is 4. The zero-order valence-corrected chi connectivity index (χ0v) is 11.7. The van der Waals surface area contributed by atoms with E-state index >= 15 is 0 Å². The third-order valence-electron chi connectivity index (χ3n) is 2.44. The third kappa shape index (κ3) is 12.8. The Bertz CT molecular complexity index is 220. The Morgan fingerprint density at radius 3 is 1.67 bits per heavy atom. The zero-order valence-electron chi connectivity index (χ0n) is 11.7. The van der Waals surface area contributed by atoms with Crippen LogP contribution in [0.1, 0.15) is 52.4 Å². The number of ether oxygens (including phenoxy) is 2. The predicted molar refractivity (Wildman–Crippen MR) is 74.6 cm³/mol. The molecule has 0 saturated carbocycles. The highest BCUT2D eigenvalue weighted by Gasteiger charge is 2.02. The molecular formula is C15H26O3. The van der Waals surface area contributed by atoms with Crippen molar-refractivity contribution in [1.29, 1.82) is 0 Å². The number of hydrogen-bond acceptors (Lipinski definition) is 3. The van der Waals surface area contributed by atoms with Crippen LogP contribution in [-0.4, -0.2) is 19.4 Å². The van der Waals surface area contributed by atoms with E-state index in [2.05, 4.69) is 12.2 Å². The van der Waals surface area contributed by atoms with Gasteiger partial charge in [-0.2, -0.15) is 0 Å². The van der Waals surface area contributed by atoms with Crippen molar-refractivity contribution in [3.8, 4) is 0 Å². The Kier molecular flexibility index (Phi) is 12.9. The maximum atomic E-state index is 11.1. The minimum absolute atomic E-state index is 0.453. The number of hydrogen-bond donors (Lipinski definition) is 0. The molecule has 104 valence electrons. The first-order chi connectivity index (χ1) is 8.81. The molecule has 0 rings (SSSR count). The highest BCUT2D eigenvalue weighted by Crippen LogP contribution is 2.00. The second-order valence-electron chi connectivity index (χ2n) is 4.08. The molecule has 0 radical (unpaired) electrons. The fourth-order valence-electron chi connectivity index (χ4n) is 1.41. The van der Waals surface area contributed by atoms with Gasteiger partial charge in [0.15, 0.2) is 0 Å². The molecule has 0 aromatic carbocycles. The Hall–Kier alpha value is -1.25. The molecule has 0 spiro atoms. The van der Waals surface area contributed by atoms with Crippen LogP contribution in [0.15, 0.2) is 24.3 Å². The monoisotopic (exact) mass is 254 g/mol. The summed E-state index contributed by atoms with van der Waals surface area (Å²) in [5, 5.41) is 0. The lowest BCUT2D eigenvalue weighted by Gasteiger charge is -2.05. The van der Waals surface area contributed by atoms with Crippen LogP contribution in [0.25, 0.3) is 0 Å². The van der Waals surface area contributed by atoms with Crippen LogP contribution in [0.4, 0.5) is 4.79 Å². The number of rotatable bonds is 10. The summed E-state index contributed by atoms with van der Waals surface area (Å²) < 4.78 is 9.90. The van der Waals surface area contributed by atoms with Crippen molar-refractivity contribution in [3.05, 3.63) is 24.3 Å². The lowest BCUT2D eigenvalue weighted by atomic mass is 10.2. The summed E-state index contributed by atoms with van der Waals surface area (Å²) in [5.41, 5.74) is 0. The minimum Gasteiger partial charge on any atom is -0.434 e. The molecule has 0 amide bonds. The molecule has 0 heterocycles. The van der Waals surface area contributed by atoms with Gasteiger partial charge in [0.2, 0.25) is 0 Å². The van der Waals surface area contributed by atoms with Crippen LogP contribution in [0.3, 0.4) is 0 Å². The lowest BCUT2D eigenvalue weighted by Crippen LogP contribution is -2.09. The summed E-state index contributed by atoms with van der Waals surface area (Å²) in [6.07, 6.45) is 13.7. The zero-order chi connectivity index (χ0) is 13.5. The maximum Gasteiger partial charge on any atom is 0.508 e. The van der Waals surface area contributed by atoms with Crippen LogP contribution in [-0.2, 0) is 9.47 Å². The van der Waals surface area contributed by atoms with Crippen molar-refractivity contribution < 1.29 is 14.3 Å². The van der Waals surface area contributed by atoms with E-state index in [4.69, 9.17) is 9.47 Å². The normalized spacial score (nSPS) is 11.2. The summed E-state index contributed by atoms with van der Waals surface area (Å²) in [5.74, 6) is 0. The summed E-state index contributed by atoms with van der Waals surface area (Å²) in [7, 11) is 0. The molecule has 0 aromatic heterocycles. The van der Waals surface area contributed by atoms with Crippen LogP contribution in [0, 0.1) is 0 Å². The Labute approximate surface area is 111 Å². The molecule has 0 aromatic rings. The number of allylic oxidation sites excluding steroid dienone is 4. The molecule has 0 N–H and O–H groups in total. The second-order valence-corrected chi connectivity index (χ2v) is 4.08. The van der Waals surface area contributed by atoms with Gasteiger partial charge in [-0.3, -0.25) is 0 Å². The molecule has 3 heteroatoms. The van der Waals surface area contributed by atoms with Crippen molar-refractivity contribution in [2.75, 3.05) is 13.2 Å². The minimum atomic E-state index is -0.535. The Balaban J connectivity index is 3.22. The van der Waals surface area contributed by atoms with Crippen molar-refractivity contribution in [1.82, 2.24) is 0 Å². The van der Waals surface area contributed by atoms with E-state index in [1.165, 1.54) is 0 Å². The summed E-state index contributed by atoms with van der Waals surface area (Å²) >= 11 is 0. The first-order valence-electron chi connectivity index (χ1n) is 6.83. The largest absolute Gasteiger partial charge is 0.508 e. The van der Waals surface area contributed by atoms with Gasteiger partial charge in [-0.1, -0.05) is 24.3 Å². The number of carbonyl (C=O) groups excluding carboxylic acids is 1. The van der Waals surface area contributed by atoms with Gasteiger partial charge in [0, 0.05) is 0 Å². The molecule has 0 fully saturated rings. The first kappa shape index (κ1) is 16.8. The molecule has 0 atom stereocenters. The van der Waals surface area contributed by atoms with E-state index in [1.54, 1.807) is 0 Å².